The third-order valence-electron chi connectivity index (χ3n) is 7.56. The molecule has 1 aliphatic rings. The summed E-state index contributed by atoms with van der Waals surface area (Å²) in [5.41, 5.74) is 4.84. The van der Waals surface area contributed by atoms with Gasteiger partial charge in [0.2, 0.25) is 0 Å². The van der Waals surface area contributed by atoms with E-state index in [-0.39, 0.29) is 11.8 Å². The van der Waals surface area contributed by atoms with Crippen LogP contribution < -0.4 is 9.47 Å². The van der Waals surface area contributed by atoms with Crippen LogP contribution in [0, 0.1) is 5.92 Å². The van der Waals surface area contributed by atoms with Gasteiger partial charge in [-0.2, -0.15) is 0 Å². The van der Waals surface area contributed by atoms with Crippen LogP contribution in [0.15, 0.2) is 71.7 Å². The number of aliphatic imine (C=N–C) groups is 1. The van der Waals surface area contributed by atoms with Crippen molar-refractivity contribution in [3.63, 3.8) is 0 Å². The van der Waals surface area contributed by atoms with Gasteiger partial charge in [-0.1, -0.05) is 42.5 Å². The average Bonchev–Trinajstić information content (AvgIpc) is 3.30. The molecule has 1 aromatic heterocycles. The van der Waals surface area contributed by atoms with Gasteiger partial charge in [-0.3, -0.25) is 4.79 Å². The van der Waals surface area contributed by atoms with Crippen LogP contribution >= 0.6 is 0 Å². The fourth-order valence-corrected chi connectivity index (χ4v) is 5.38. The molecular weight excluding hydrogens is 518 g/mol. The van der Waals surface area contributed by atoms with E-state index in [4.69, 9.17) is 14.5 Å². The summed E-state index contributed by atoms with van der Waals surface area (Å²) < 4.78 is 11.7. The SMILES string of the molecule is CCOc1cc2[nH]c(O)c(C(=Nc3ccc(CCN4CCC(C(=O)O)CC4)cc3)c3ccccc3)c2cc1OCC. The summed E-state index contributed by atoms with van der Waals surface area (Å²) in [6.07, 6.45) is 2.31. The molecule has 0 unspecified atom stereocenters. The number of benzene rings is 3. The zero-order chi connectivity index (χ0) is 28.8. The lowest BCUT2D eigenvalue weighted by atomic mass is 9.97. The number of hydrogen-bond donors (Lipinski definition) is 3. The molecule has 0 atom stereocenters. The van der Waals surface area contributed by atoms with Crippen LogP contribution in [0.1, 0.15) is 43.4 Å². The minimum Gasteiger partial charge on any atom is -0.494 e. The molecule has 3 N–H and O–H groups in total. The second-order valence-electron chi connectivity index (χ2n) is 10.3. The number of aliphatic carboxylic acids is 1. The van der Waals surface area contributed by atoms with E-state index in [2.05, 4.69) is 22.0 Å². The first-order chi connectivity index (χ1) is 20.0. The topological polar surface area (TPSA) is 107 Å². The Labute approximate surface area is 240 Å². The molecule has 3 aromatic carbocycles. The Morgan fingerprint density at radius 3 is 2.27 bits per heavy atom. The molecule has 0 spiro atoms. The second kappa shape index (κ2) is 12.9. The highest BCUT2D eigenvalue weighted by molar-refractivity contribution is 6.22. The summed E-state index contributed by atoms with van der Waals surface area (Å²) in [4.78, 5) is 21.7. The number of rotatable bonds is 11. The summed E-state index contributed by atoms with van der Waals surface area (Å²) in [6, 6.07) is 21.8. The van der Waals surface area contributed by atoms with Crippen LogP contribution in [0.5, 0.6) is 17.4 Å². The van der Waals surface area contributed by atoms with Gasteiger partial charge in [0.05, 0.1) is 41.6 Å². The molecule has 214 valence electrons. The number of carboxylic acid groups (broad SMARTS) is 1. The second-order valence-corrected chi connectivity index (χ2v) is 10.3. The van der Waals surface area contributed by atoms with E-state index in [0.717, 1.165) is 48.2 Å². The molecule has 0 bridgehead atoms. The predicted molar refractivity (Wildman–Crippen MR) is 161 cm³/mol. The molecule has 1 aliphatic heterocycles. The van der Waals surface area contributed by atoms with Crippen molar-refractivity contribution in [3.8, 4) is 17.4 Å². The number of hydrogen-bond acceptors (Lipinski definition) is 6. The Kier molecular flexibility index (Phi) is 8.89. The number of fused-ring (bicyclic) bond motifs is 1. The van der Waals surface area contributed by atoms with Crippen LogP contribution in [0.3, 0.4) is 0 Å². The quantitative estimate of drug-likeness (QED) is 0.191. The first kappa shape index (κ1) is 28.2. The number of likely N-dealkylation sites (tertiary alicyclic amines) is 1. The summed E-state index contributed by atoms with van der Waals surface area (Å²) in [7, 11) is 0. The van der Waals surface area contributed by atoms with E-state index >= 15 is 0 Å². The Morgan fingerprint density at radius 1 is 0.976 bits per heavy atom. The number of piperidine rings is 1. The molecular formula is C33H37N3O5. The smallest absolute Gasteiger partial charge is 0.306 e. The van der Waals surface area contributed by atoms with Crippen molar-refractivity contribution in [3.05, 3.63) is 83.4 Å². The van der Waals surface area contributed by atoms with Gasteiger partial charge in [0.1, 0.15) is 0 Å². The zero-order valence-corrected chi connectivity index (χ0v) is 23.6. The Morgan fingerprint density at radius 2 is 1.63 bits per heavy atom. The molecule has 0 saturated carbocycles. The Balaban J connectivity index is 1.43. The van der Waals surface area contributed by atoms with Crippen molar-refractivity contribution in [1.29, 1.82) is 0 Å². The van der Waals surface area contributed by atoms with E-state index < -0.39 is 5.97 Å². The van der Waals surface area contributed by atoms with Crippen molar-refractivity contribution in [2.45, 2.75) is 33.1 Å². The van der Waals surface area contributed by atoms with Crippen molar-refractivity contribution >= 4 is 28.3 Å². The average molecular weight is 556 g/mol. The predicted octanol–water partition coefficient (Wildman–Crippen LogP) is 6.18. The summed E-state index contributed by atoms with van der Waals surface area (Å²) in [5, 5.41) is 21.1. The Hall–Kier alpha value is -4.30. The van der Waals surface area contributed by atoms with Gasteiger partial charge in [-0.05, 0) is 70.0 Å². The van der Waals surface area contributed by atoms with E-state index in [1.54, 1.807) is 0 Å². The van der Waals surface area contributed by atoms with Crippen LogP contribution in [-0.4, -0.2) is 64.6 Å². The van der Waals surface area contributed by atoms with Crippen molar-refractivity contribution in [2.24, 2.45) is 10.9 Å². The molecule has 1 saturated heterocycles. The lowest BCUT2D eigenvalue weighted by Crippen LogP contribution is -2.37. The molecule has 4 aromatic rings. The van der Waals surface area contributed by atoms with E-state index in [1.807, 2.05) is 68.4 Å². The first-order valence-corrected chi connectivity index (χ1v) is 14.3. The molecule has 0 radical (unpaired) electrons. The van der Waals surface area contributed by atoms with Crippen molar-refractivity contribution in [1.82, 2.24) is 9.88 Å². The number of H-pyrrole nitrogens is 1. The number of aromatic amines is 1. The highest BCUT2D eigenvalue weighted by Crippen LogP contribution is 2.38. The van der Waals surface area contributed by atoms with Crippen LogP contribution in [0.4, 0.5) is 5.69 Å². The zero-order valence-electron chi connectivity index (χ0n) is 23.6. The van der Waals surface area contributed by atoms with Crippen molar-refractivity contribution < 1.29 is 24.5 Å². The molecule has 8 heteroatoms. The number of carbonyl (C=O) groups is 1. The van der Waals surface area contributed by atoms with Crippen LogP contribution in [0.25, 0.3) is 10.9 Å². The maximum absolute atomic E-state index is 11.2. The number of nitrogens with zero attached hydrogens (tertiary/aromatic N) is 2. The highest BCUT2D eigenvalue weighted by Gasteiger charge is 2.24. The first-order valence-electron chi connectivity index (χ1n) is 14.3. The third kappa shape index (κ3) is 6.55. The summed E-state index contributed by atoms with van der Waals surface area (Å²) >= 11 is 0. The number of ether oxygens (including phenoxy) is 2. The fourth-order valence-electron chi connectivity index (χ4n) is 5.38. The molecule has 1 fully saturated rings. The number of nitrogens with one attached hydrogen (secondary N) is 1. The lowest BCUT2D eigenvalue weighted by Gasteiger charge is -2.29. The number of aromatic hydroxyl groups is 1. The van der Waals surface area contributed by atoms with Gasteiger partial charge in [-0.25, -0.2) is 4.99 Å². The van der Waals surface area contributed by atoms with Crippen LogP contribution in [0.2, 0.25) is 0 Å². The molecule has 41 heavy (non-hydrogen) atoms. The van der Waals surface area contributed by atoms with Crippen molar-refractivity contribution in [2.75, 3.05) is 32.8 Å². The van der Waals surface area contributed by atoms with Gasteiger partial charge < -0.3 is 29.6 Å². The maximum Gasteiger partial charge on any atom is 0.306 e. The minimum atomic E-state index is -0.679. The van der Waals surface area contributed by atoms with Gasteiger partial charge in [-0.15, -0.1) is 0 Å². The third-order valence-corrected chi connectivity index (χ3v) is 7.56. The fraction of sp³-hybridized carbons (Fsp3) is 0.333. The number of aromatic nitrogens is 1. The Bertz CT molecular complexity index is 1500. The standard InChI is InChI=1S/C33H37N3O5/c1-3-40-28-20-26-27(21-29(28)41-4-2)35-32(37)30(26)31(23-8-6-5-7-9-23)34-25-12-10-22(11-13-25)14-17-36-18-15-24(16-19-36)33(38)39/h5-13,20-21,24,35,37H,3-4,14-19H2,1-2H3,(H,38,39). The van der Waals surface area contributed by atoms with Gasteiger partial charge in [0, 0.05) is 23.6 Å². The molecule has 5 rings (SSSR count). The largest absolute Gasteiger partial charge is 0.494 e. The molecule has 0 amide bonds. The maximum atomic E-state index is 11.2. The van der Waals surface area contributed by atoms with E-state index in [9.17, 15) is 15.0 Å². The van der Waals surface area contributed by atoms with Gasteiger partial charge >= 0.3 is 5.97 Å². The molecule has 0 aliphatic carbocycles. The normalized spacial score (nSPS) is 14.8. The van der Waals surface area contributed by atoms with Gasteiger partial charge in [0.15, 0.2) is 17.4 Å². The van der Waals surface area contributed by atoms with E-state index in [0.29, 0.717) is 48.8 Å². The molecule has 2 heterocycles. The monoisotopic (exact) mass is 555 g/mol. The minimum absolute atomic E-state index is 0.0296. The van der Waals surface area contributed by atoms with Gasteiger partial charge in [0.25, 0.3) is 0 Å². The lowest BCUT2D eigenvalue weighted by molar-refractivity contribution is -0.143. The van der Waals surface area contributed by atoms with E-state index in [1.165, 1.54) is 5.56 Å². The summed E-state index contributed by atoms with van der Waals surface area (Å²) in [6.45, 7) is 7.39. The number of carboxylic acids is 1. The van der Waals surface area contributed by atoms with Crippen LogP contribution in [-0.2, 0) is 11.2 Å². The molecule has 8 nitrogen and oxygen atoms in total. The summed E-state index contributed by atoms with van der Waals surface area (Å²) in [5.74, 6) is 0.376. The highest BCUT2D eigenvalue weighted by atomic mass is 16.5.